The zero-order chi connectivity index (χ0) is 12.3. The first kappa shape index (κ1) is 12.8. The van der Waals surface area contributed by atoms with Gasteiger partial charge in [-0.3, -0.25) is 4.79 Å². The highest BCUT2D eigenvalue weighted by Crippen LogP contribution is 2.33. The first-order chi connectivity index (χ1) is 7.32. The standard InChI is InChI=1S/C9H8ClF3N2O/c10-6-1-5(9(11,12)13)2-7(3-6)15-8(16)4-14/h1-3H,4,14H2,(H,15,16). The van der Waals surface area contributed by atoms with Crippen molar-refractivity contribution in [3.63, 3.8) is 0 Å². The van der Waals surface area contributed by atoms with E-state index in [1.54, 1.807) is 0 Å². The van der Waals surface area contributed by atoms with Crippen molar-refractivity contribution in [2.24, 2.45) is 5.73 Å². The summed E-state index contributed by atoms with van der Waals surface area (Å²) in [6.45, 7) is -0.312. The van der Waals surface area contributed by atoms with Crippen molar-refractivity contribution < 1.29 is 18.0 Å². The molecule has 16 heavy (non-hydrogen) atoms. The molecule has 3 N–H and O–H groups in total. The number of nitrogens with one attached hydrogen (secondary N) is 1. The highest BCUT2D eigenvalue weighted by Gasteiger charge is 2.31. The summed E-state index contributed by atoms with van der Waals surface area (Å²) in [6, 6.07) is 2.78. The van der Waals surface area contributed by atoms with Gasteiger partial charge in [0, 0.05) is 10.7 Å². The molecule has 1 amide bonds. The summed E-state index contributed by atoms with van der Waals surface area (Å²) >= 11 is 5.50. The molecule has 0 saturated carbocycles. The predicted octanol–water partition coefficient (Wildman–Crippen LogP) is 2.26. The summed E-state index contributed by atoms with van der Waals surface area (Å²) in [5.41, 5.74) is 4.06. The van der Waals surface area contributed by atoms with E-state index in [9.17, 15) is 18.0 Å². The number of nitrogens with two attached hydrogens (primary N) is 1. The van der Waals surface area contributed by atoms with Crippen LogP contribution in [0.3, 0.4) is 0 Å². The van der Waals surface area contributed by atoms with Crippen molar-refractivity contribution >= 4 is 23.2 Å². The maximum Gasteiger partial charge on any atom is 0.416 e. The number of amides is 1. The molecule has 0 radical (unpaired) electrons. The van der Waals surface area contributed by atoms with E-state index < -0.39 is 17.6 Å². The third-order valence-corrected chi connectivity index (χ3v) is 1.91. The van der Waals surface area contributed by atoms with Gasteiger partial charge in [-0.05, 0) is 18.2 Å². The Morgan fingerprint density at radius 2 is 2.00 bits per heavy atom. The Hall–Kier alpha value is -1.27. The monoisotopic (exact) mass is 252 g/mol. The van der Waals surface area contributed by atoms with Crippen LogP contribution in [0.2, 0.25) is 5.02 Å². The molecule has 88 valence electrons. The van der Waals surface area contributed by atoms with Crippen molar-refractivity contribution in [1.29, 1.82) is 0 Å². The van der Waals surface area contributed by atoms with Crippen LogP contribution in [-0.2, 0) is 11.0 Å². The van der Waals surface area contributed by atoms with E-state index in [2.05, 4.69) is 5.32 Å². The number of rotatable bonds is 2. The maximum absolute atomic E-state index is 12.4. The Balaban J connectivity index is 3.04. The van der Waals surface area contributed by atoms with Crippen LogP contribution in [0.15, 0.2) is 18.2 Å². The van der Waals surface area contributed by atoms with Gasteiger partial charge >= 0.3 is 6.18 Å². The highest BCUT2D eigenvalue weighted by molar-refractivity contribution is 6.31. The number of benzene rings is 1. The molecule has 0 spiro atoms. The summed E-state index contributed by atoms with van der Waals surface area (Å²) in [4.78, 5) is 10.9. The lowest BCUT2D eigenvalue weighted by Crippen LogP contribution is -2.22. The van der Waals surface area contributed by atoms with E-state index in [1.165, 1.54) is 6.07 Å². The van der Waals surface area contributed by atoms with Gasteiger partial charge in [0.15, 0.2) is 0 Å². The van der Waals surface area contributed by atoms with Gasteiger partial charge in [0.1, 0.15) is 0 Å². The molecule has 0 aliphatic carbocycles. The fourth-order valence-corrected chi connectivity index (χ4v) is 1.27. The molecule has 1 aromatic rings. The molecule has 1 aromatic carbocycles. The number of hydrogen-bond acceptors (Lipinski definition) is 2. The summed E-state index contributed by atoms with van der Waals surface area (Å²) in [7, 11) is 0. The second-order valence-corrected chi connectivity index (χ2v) is 3.42. The average Bonchev–Trinajstić information content (AvgIpc) is 2.15. The normalized spacial score (nSPS) is 11.3. The van der Waals surface area contributed by atoms with E-state index in [-0.39, 0.29) is 17.3 Å². The van der Waals surface area contributed by atoms with E-state index in [1.807, 2.05) is 0 Å². The second kappa shape index (κ2) is 4.71. The van der Waals surface area contributed by atoms with Crippen molar-refractivity contribution in [3.8, 4) is 0 Å². The molecule has 0 aliphatic heterocycles. The van der Waals surface area contributed by atoms with Crippen LogP contribution in [0.1, 0.15) is 5.56 Å². The molecule has 0 unspecified atom stereocenters. The summed E-state index contributed by atoms with van der Waals surface area (Å²) in [6.07, 6.45) is -4.51. The molecule has 0 atom stereocenters. The van der Waals surface area contributed by atoms with E-state index >= 15 is 0 Å². The number of anilines is 1. The SMILES string of the molecule is NCC(=O)Nc1cc(Cl)cc(C(F)(F)F)c1. The van der Waals surface area contributed by atoms with Crippen molar-refractivity contribution in [2.75, 3.05) is 11.9 Å². The lowest BCUT2D eigenvalue weighted by molar-refractivity contribution is -0.137. The minimum Gasteiger partial charge on any atom is -0.325 e. The number of halogens is 4. The smallest absolute Gasteiger partial charge is 0.325 e. The third kappa shape index (κ3) is 3.39. The van der Waals surface area contributed by atoms with Crippen LogP contribution in [-0.4, -0.2) is 12.5 Å². The van der Waals surface area contributed by atoms with Crippen LogP contribution in [0.5, 0.6) is 0 Å². The summed E-state index contributed by atoms with van der Waals surface area (Å²) in [5.74, 6) is -0.588. The molecule has 0 aliphatic rings. The van der Waals surface area contributed by atoms with Gasteiger partial charge in [0.25, 0.3) is 0 Å². The van der Waals surface area contributed by atoms with Crippen LogP contribution in [0.4, 0.5) is 18.9 Å². The fourth-order valence-electron chi connectivity index (χ4n) is 1.04. The Kier molecular flexibility index (Phi) is 3.77. The van der Waals surface area contributed by atoms with Gasteiger partial charge in [-0.2, -0.15) is 13.2 Å². The Morgan fingerprint density at radius 1 is 1.38 bits per heavy atom. The first-order valence-corrected chi connectivity index (χ1v) is 4.58. The van der Waals surface area contributed by atoms with Gasteiger partial charge < -0.3 is 11.1 Å². The highest BCUT2D eigenvalue weighted by atomic mass is 35.5. The minimum atomic E-state index is -4.51. The summed E-state index contributed by atoms with van der Waals surface area (Å²) in [5, 5.41) is 2.09. The van der Waals surface area contributed by atoms with E-state index in [4.69, 9.17) is 17.3 Å². The maximum atomic E-state index is 12.4. The number of carbonyl (C=O) groups is 1. The molecule has 0 saturated heterocycles. The summed E-state index contributed by atoms with van der Waals surface area (Å²) < 4.78 is 37.1. The molecular weight excluding hydrogens is 245 g/mol. The number of alkyl halides is 3. The van der Waals surface area contributed by atoms with Gasteiger partial charge in [-0.25, -0.2) is 0 Å². The molecule has 0 heterocycles. The Morgan fingerprint density at radius 3 is 2.50 bits per heavy atom. The Labute approximate surface area is 94.4 Å². The molecule has 0 fully saturated rings. The number of carbonyl (C=O) groups excluding carboxylic acids is 1. The lowest BCUT2D eigenvalue weighted by Gasteiger charge is -2.10. The predicted molar refractivity (Wildman–Crippen MR) is 54.1 cm³/mol. The molecule has 0 aromatic heterocycles. The van der Waals surface area contributed by atoms with E-state index in [0.717, 1.165) is 12.1 Å². The minimum absolute atomic E-state index is 0.0322. The first-order valence-electron chi connectivity index (χ1n) is 4.20. The third-order valence-electron chi connectivity index (χ3n) is 1.69. The van der Waals surface area contributed by atoms with Crippen LogP contribution >= 0.6 is 11.6 Å². The molecular formula is C9H8ClF3N2O. The van der Waals surface area contributed by atoms with Crippen LogP contribution in [0, 0.1) is 0 Å². The van der Waals surface area contributed by atoms with Crippen molar-refractivity contribution in [1.82, 2.24) is 0 Å². The second-order valence-electron chi connectivity index (χ2n) is 2.98. The van der Waals surface area contributed by atoms with Crippen molar-refractivity contribution in [3.05, 3.63) is 28.8 Å². The van der Waals surface area contributed by atoms with Gasteiger partial charge in [0.05, 0.1) is 12.1 Å². The van der Waals surface area contributed by atoms with Gasteiger partial charge in [0.2, 0.25) is 5.91 Å². The van der Waals surface area contributed by atoms with Gasteiger partial charge in [-0.15, -0.1) is 0 Å². The fraction of sp³-hybridized carbons (Fsp3) is 0.222. The quantitative estimate of drug-likeness (QED) is 0.848. The van der Waals surface area contributed by atoms with Crippen LogP contribution in [0.25, 0.3) is 0 Å². The lowest BCUT2D eigenvalue weighted by atomic mass is 10.2. The van der Waals surface area contributed by atoms with Crippen LogP contribution < -0.4 is 11.1 Å². The topological polar surface area (TPSA) is 55.1 Å². The van der Waals surface area contributed by atoms with E-state index in [0.29, 0.717) is 0 Å². The average molecular weight is 253 g/mol. The van der Waals surface area contributed by atoms with Gasteiger partial charge in [-0.1, -0.05) is 11.6 Å². The zero-order valence-electron chi connectivity index (χ0n) is 7.94. The Bertz CT molecular complexity index is 406. The number of hydrogen-bond donors (Lipinski definition) is 2. The molecule has 7 heteroatoms. The van der Waals surface area contributed by atoms with Crippen molar-refractivity contribution in [2.45, 2.75) is 6.18 Å². The molecule has 0 bridgehead atoms. The largest absolute Gasteiger partial charge is 0.416 e. The zero-order valence-corrected chi connectivity index (χ0v) is 8.69. The molecule has 1 rings (SSSR count). The molecule has 3 nitrogen and oxygen atoms in total.